The van der Waals surface area contributed by atoms with Crippen molar-refractivity contribution in [3.63, 3.8) is 0 Å². The number of nitrogens with one attached hydrogen (secondary N) is 1. The molecule has 0 spiro atoms. The predicted octanol–water partition coefficient (Wildman–Crippen LogP) is 3.97. The molecule has 0 bridgehead atoms. The van der Waals surface area contributed by atoms with Crippen LogP contribution < -0.4 is 10.1 Å². The maximum atomic E-state index is 13.2. The number of carbonyl (C=O) groups excluding carboxylic acids is 2. The summed E-state index contributed by atoms with van der Waals surface area (Å²) in [6.07, 6.45) is 1.80. The second-order valence-corrected chi connectivity index (χ2v) is 9.72. The van der Waals surface area contributed by atoms with Gasteiger partial charge in [0.2, 0.25) is 0 Å². The number of fused-ring (bicyclic) bond motifs is 1. The third kappa shape index (κ3) is 7.22. The van der Waals surface area contributed by atoms with E-state index in [9.17, 15) is 14.7 Å². The van der Waals surface area contributed by atoms with Crippen molar-refractivity contribution in [2.45, 2.75) is 64.2 Å². The highest BCUT2D eigenvalue weighted by molar-refractivity contribution is 5.94. The molecule has 2 atom stereocenters. The van der Waals surface area contributed by atoms with Gasteiger partial charge in [-0.3, -0.25) is 4.79 Å². The molecule has 7 nitrogen and oxygen atoms in total. The minimum Gasteiger partial charge on any atom is -0.491 e. The summed E-state index contributed by atoms with van der Waals surface area (Å²) in [7, 11) is 1.61. The average Bonchev–Trinajstić information content (AvgIpc) is 3.01. The van der Waals surface area contributed by atoms with Crippen LogP contribution >= 0.6 is 0 Å². The van der Waals surface area contributed by atoms with Crippen molar-refractivity contribution in [3.8, 4) is 5.75 Å². The fourth-order valence-corrected chi connectivity index (χ4v) is 4.18. The third-order valence-corrected chi connectivity index (χ3v) is 5.80. The van der Waals surface area contributed by atoms with E-state index in [1.807, 2.05) is 69.3 Å². The van der Waals surface area contributed by atoms with E-state index in [1.54, 1.807) is 11.9 Å². The Balaban J connectivity index is 1.79. The highest BCUT2D eigenvalue weighted by Crippen LogP contribution is 2.26. The standard InChI is InChI=1S/C27H36N2O5/c1-27(2,3)34-26(32)29(17-23(30)18-33-24-11-6-5-7-12-24)22-10-8-9-19-13-14-20(25(31)28-4)15-21(19)16-22/h5-7,11-15,22-23,30H,8-10,16-18H2,1-4H3,(H,28,31)/t22?,23-/m0/s1. The Hall–Kier alpha value is -3.06. The molecule has 2 amide bonds. The third-order valence-electron chi connectivity index (χ3n) is 5.80. The number of benzene rings is 2. The van der Waals surface area contributed by atoms with E-state index >= 15 is 0 Å². The first kappa shape index (κ1) is 25.6. The fraction of sp³-hybridized carbons (Fsp3) is 0.481. The maximum absolute atomic E-state index is 13.2. The lowest BCUT2D eigenvalue weighted by atomic mass is 9.98. The van der Waals surface area contributed by atoms with Gasteiger partial charge in [-0.25, -0.2) is 4.79 Å². The first-order valence-electron chi connectivity index (χ1n) is 11.9. The van der Waals surface area contributed by atoms with Crippen molar-refractivity contribution >= 4 is 12.0 Å². The van der Waals surface area contributed by atoms with Gasteiger partial charge in [-0.05, 0) is 81.8 Å². The van der Waals surface area contributed by atoms with E-state index in [0.717, 1.165) is 24.8 Å². The van der Waals surface area contributed by atoms with Crippen LogP contribution in [-0.2, 0) is 17.6 Å². The van der Waals surface area contributed by atoms with Gasteiger partial charge in [0.05, 0.1) is 6.54 Å². The van der Waals surface area contributed by atoms with Crippen LogP contribution in [0.2, 0.25) is 0 Å². The summed E-state index contributed by atoms with van der Waals surface area (Å²) >= 11 is 0. The molecule has 3 rings (SSSR count). The number of aliphatic hydroxyl groups is 1. The Morgan fingerprint density at radius 2 is 1.88 bits per heavy atom. The molecule has 0 saturated heterocycles. The quantitative estimate of drug-likeness (QED) is 0.601. The Morgan fingerprint density at radius 3 is 2.56 bits per heavy atom. The van der Waals surface area contributed by atoms with E-state index in [1.165, 1.54) is 5.56 Å². The minimum atomic E-state index is -0.882. The fourth-order valence-electron chi connectivity index (χ4n) is 4.18. The molecule has 1 unspecified atom stereocenters. The monoisotopic (exact) mass is 468 g/mol. The van der Waals surface area contributed by atoms with E-state index in [4.69, 9.17) is 9.47 Å². The Labute approximate surface area is 202 Å². The maximum Gasteiger partial charge on any atom is 0.410 e. The van der Waals surface area contributed by atoms with Gasteiger partial charge in [0, 0.05) is 18.7 Å². The smallest absolute Gasteiger partial charge is 0.410 e. The normalized spacial score (nSPS) is 16.6. The topological polar surface area (TPSA) is 88.1 Å². The SMILES string of the molecule is CNC(=O)c1ccc2c(c1)CC(N(C[C@H](O)COc1ccccc1)C(=O)OC(C)(C)C)CCC2. The van der Waals surface area contributed by atoms with Gasteiger partial charge in [-0.2, -0.15) is 0 Å². The molecular weight excluding hydrogens is 432 g/mol. The molecule has 0 saturated carbocycles. The number of nitrogens with zero attached hydrogens (tertiary/aromatic N) is 1. The summed E-state index contributed by atoms with van der Waals surface area (Å²) in [5.41, 5.74) is 2.18. The minimum absolute atomic E-state index is 0.0629. The van der Waals surface area contributed by atoms with Gasteiger partial charge < -0.3 is 24.8 Å². The molecule has 2 aromatic carbocycles. The van der Waals surface area contributed by atoms with Gasteiger partial charge >= 0.3 is 6.09 Å². The van der Waals surface area contributed by atoms with Crippen LogP contribution in [0.1, 0.15) is 55.1 Å². The zero-order valence-electron chi connectivity index (χ0n) is 20.5. The molecular formula is C27H36N2O5. The van der Waals surface area contributed by atoms with Crippen LogP contribution in [0, 0.1) is 0 Å². The van der Waals surface area contributed by atoms with E-state index < -0.39 is 17.8 Å². The lowest BCUT2D eigenvalue weighted by molar-refractivity contribution is -0.00278. The van der Waals surface area contributed by atoms with Crippen molar-refractivity contribution in [1.82, 2.24) is 10.2 Å². The first-order valence-corrected chi connectivity index (χ1v) is 11.9. The number of carbonyl (C=O) groups is 2. The molecule has 34 heavy (non-hydrogen) atoms. The summed E-state index contributed by atoms with van der Waals surface area (Å²) in [6.45, 7) is 5.65. The lowest BCUT2D eigenvalue weighted by Crippen LogP contribution is -2.48. The number of aliphatic hydroxyl groups excluding tert-OH is 1. The molecule has 2 N–H and O–H groups in total. The number of amides is 2. The van der Waals surface area contributed by atoms with E-state index in [0.29, 0.717) is 17.7 Å². The molecule has 0 heterocycles. The Morgan fingerprint density at radius 1 is 1.15 bits per heavy atom. The largest absolute Gasteiger partial charge is 0.491 e. The van der Waals surface area contributed by atoms with Gasteiger partial charge in [-0.1, -0.05) is 24.3 Å². The van der Waals surface area contributed by atoms with Gasteiger partial charge in [-0.15, -0.1) is 0 Å². The van der Waals surface area contributed by atoms with Crippen molar-refractivity contribution in [3.05, 3.63) is 65.2 Å². The summed E-state index contributed by atoms with van der Waals surface area (Å²) in [4.78, 5) is 27.0. The number of para-hydroxylation sites is 1. The summed E-state index contributed by atoms with van der Waals surface area (Å²) in [5.74, 6) is 0.525. The number of rotatable bonds is 7. The molecule has 2 aromatic rings. The molecule has 1 aliphatic rings. The first-order chi connectivity index (χ1) is 16.2. The van der Waals surface area contributed by atoms with Crippen molar-refractivity contribution in [1.29, 1.82) is 0 Å². The van der Waals surface area contributed by atoms with Crippen LogP contribution in [-0.4, -0.2) is 60.0 Å². The van der Waals surface area contributed by atoms with Gasteiger partial charge in [0.15, 0.2) is 0 Å². The van der Waals surface area contributed by atoms with Gasteiger partial charge in [0.1, 0.15) is 24.1 Å². The average molecular weight is 469 g/mol. The Kier molecular flexibility index (Phi) is 8.56. The van der Waals surface area contributed by atoms with Crippen molar-refractivity contribution < 1.29 is 24.2 Å². The second-order valence-electron chi connectivity index (χ2n) is 9.72. The molecule has 184 valence electrons. The van der Waals surface area contributed by atoms with Gasteiger partial charge in [0.25, 0.3) is 5.91 Å². The zero-order chi connectivity index (χ0) is 24.7. The van der Waals surface area contributed by atoms with Crippen LogP contribution in [0.3, 0.4) is 0 Å². The van der Waals surface area contributed by atoms with Crippen LogP contribution in [0.5, 0.6) is 5.75 Å². The predicted molar refractivity (Wildman–Crippen MR) is 131 cm³/mol. The summed E-state index contributed by atoms with van der Waals surface area (Å²) in [6, 6.07) is 14.9. The zero-order valence-corrected chi connectivity index (χ0v) is 20.5. The van der Waals surface area contributed by atoms with E-state index in [2.05, 4.69) is 5.32 Å². The highest BCUT2D eigenvalue weighted by Gasteiger charge is 2.32. The molecule has 1 aliphatic carbocycles. The van der Waals surface area contributed by atoms with Crippen LogP contribution in [0.25, 0.3) is 0 Å². The van der Waals surface area contributed by atoms with Crippen molar-refractivity contribution in [2.75, 3.05) is 20.2 Å². The number of ether oxygens (including phenoxy) is 2. The number of aryl methyl sites for hydroxylation is 1. The molecule has 0 aliphatic heterocycles. The van der Waals surface area contributed by atoms with Crippen LogP contribution in [0.4, 0.5) is 4.79 Å². The molecule has 0 aromatic heterocycles. The molecule has 7 heteroatoms. The lowest BCUT2D eigenvalue weighted by Gasteiger charge is -2.34. The Bertz CT molecular complexity index is 971. The summed E-state index contributed by atoms with van der Waals surface area (Å²) in [5, 5.41) is 13.4. The molecule has 0 radical (unpaired) electrons. The summed E-state index contributed by atoms with van der Waals surface area (Å²) < 4.78 is 11.4. The van der Waals surface area contributed by atoms with E-state index in [-0.39, 0.29) is 25.1 Å². The number of hydrogen-bond donors (Lipinski definition) is 2. The molecule has 0 fully saturated rings. The number of hydrogen-bond acceptors (Lipinski definition) is 5. The highest BCUT2D eigenvalue weighted by atomic mass is 16.6. The second kappa shape index (κ2) is 11.4. The van der Waals surface area contributed by atoms with Crippen LogP contribution in [0.15, 0.2) is 48.5 Å². The van der Waals surface area contributed by atoms with Crippen molar-refractivity contribution in [2.24, 2.45) is 0 Å².